The van der Waals surface area contributed by atoms with Crippen molar-refractivity contribution >= 4 is 20.9 Å². The molecule has 1 atom stereocenters. The Bertz CT molecular complexity index is 868. The van der Waals surface area contributed by atoms with Gasteiger partial charge in [0.05, 0.1) is 19.1 Å². The molecule has 0 radical (unpaired) electrons. The molecule has 0 aliphatic rings. The lowest BCUT2D eigenvalue weighted by Gasteiger charge is -2.19. The van der Waals surface area contributed by atoms with Gasteiger partial charge in [-0.1, -0.05) is 42.5 Å². The normalized spacial score (nSPS) is 13.3. The van der Waals surface area contributed by atoms with E-state index in [9.17, 15) is 8.42 Å². The number of benzene rings is 2. The van der Waals surface area contributed by atoms with E-state index in [0.717, 1.165) is 22.6 Å². The van der Waals surface area contributed by atoms with Gasteiger partial charge in [-0.25, -0.2) is 4.98 Å². The van der Waals surface area contributed by atoms with Gasteiger partial charge >= 0.3 is 0 Å². The second kappa shape index (κ2) is 5.90. The number of rotatable bonds is 5. The molecule has 1 heterocycles. The molecule has 114 valence electrons. The van der Waals surface area contributed by atoms with Crippen LogP contribution >= 0.6 is 0 Å². The fraction of sp³-hybridized carbons (Fsp3) is 0.188. The van der Waals surface area contributed by atoms with Crippen LogP contribution in [0, 0.1) is 0 Å². The monoisotopic (exact) mass is 316 g/mol. The number of imidazole rings is 1. The van der Waals surface area contributed by atoms with Crippen LogP contribution in [0.25, 0.3) is 10.8 Å². The van der Waals surface area contributed by atoms with Crippen LogP contribution in [-0.2, 0) is 20.8 Å². The van der Waals surface area contributed by atoms with Gasteiger partial charge in [0.1, 0.15) is 6.10 Å². The number of aromatic nitrogens is 2. The van der Waals surface area contributed by atoms with Crippen LogP contribution < -0.4 is 0 Å². The smallest absolute Gasteiger partial charge is 0.265 e. The lowest BCUT2D eigenvalue weighted by molar-refractivity contribution is 0.194. The van der Waals surface area contributed by atoms with Gasteiger partial charge in [0.2, 0.25) is 0 Å². The molecular weight excluding hydrogens is 300 g/mol. The average Bonchev–Trinajstić information content (AvgIpc) is 2.97. The highest BCUT2D eigenvalue weighted by atomic mass is 32.2. The van der Waals surface area contributed by atoms with E-state index in [4.69, 9.17) is 4.18 Å². The summed E-state index contributed by atoms with van der Waals surface area (Å²) < 4.78 is 30.4. The van der Waals surface area contributed by atoms with Crippen molar-refractivity contribution in [2.24, 2.45) is 0 Å². The number of fused-ring (bicyclic) bond motifs is 1. The number of hydrogen-bond acceptors (Lipinski definition) is 4. The minimum Gasteiger partial charge on any atom is -0.334 e. The van der Waals surface area contributed by atoms with Crippen LogP contribution in [0.15, 0.2) is 61.2 Å². The lowest BCUT2D eigenvalue weighted by Crippen LogP contribution is -2.16. The molecule has 0 amide bonds. The quantitative estimate of drug-likeness (QED) is 0.679. The molecule has 1 aromatic heterocycles. The molecule has 0 aliphatic carbocycles. The molecule has 3 rings (SSSR count). The summed E-state index contributed by atoms with van der Waals surface area (Å²) in [5.74, 6) is 0. The summed E-state index contributed by atoms with van der Waals surface area (Å²) in [4.78, 5) is 3.99. The first-order valence-corrected chi connectivity index (χ1v) is 8.66. The Kier molecular flexibility index (Phi) is 3.96. The van der Waals surface area contributed by atoms with E-state index < -0.39 is 16.2 Å². The predicted octanol–water partition coefficient (Wildman–Crippen LogP) is 2.75. The molecule has 2 aromatic carbocycles. The molecule has 0 fully saturated rings. The van der Waals surface area contributed by atoms with Gasteiger partial charge in [0, 0.05) is 12.4 Å². The molecule has 5 nitrogen and oxygen atoms in total. The molecular formula is C16H16N2O3S. The molecule has 0 saturated heterocycles. The molecule has 3 aromatic rings. The van der Waals surface area contributed by atoms with E-state index >= 15 is 0 Å². The van der Waals surface area contributed by atoms with Gasteiger partial charge in [-0.05, 0) is 16.3 Å². The first-order chi connectivity index (χ1) is 10.5. The Morgan fingerprint density at radius 3 is 2.68 bits per heavy atom. The Hall–Kier alpha value is -2.18. The third kappa shape index (κ3) is 3.35. The maximum atomic E-state index is 11.6. The van der Waals surface area contributed by atoms with Gasteiger partial charge in [-0.15, -0.1) is 0 Å². The van der Waals surface area contributed by atoms with E-state index in [1.807, 2.05) is 42.5 Å². The summed E-state index contributed by atoms with van der Waals surface area (Å²) in [6, 6.07) is 13.6. The van der Waals surface area contributed by atoms with Crippen molar-refractivity contribution in [2.75, 3.05) is 6.26 Å². The van der Waals surface area contributed by atoms with E-state index in [2.05, 4.69) is 4.98 Å². The zero-order valence-electron chi connectivity index (χ0n) is 12.1. The largest absolute Gasteiger partial charge is 0.334 e. The summed E-state index contributed by atoms with van der Waals surface area (Å²) in [5.41, 5.74) is 0.845. The van der Waals surface area contributed by atoms with Crippen molar-refractivity contribution in [3.8, 4) is 0 Å². The number of hydrogen-bond donors (Lipinski definition) is 0. The highest BCUT2D eigenvalue weighted by Gasteiger charge is 2.20. The first kappa shape index (κ1) is 14.7. The van der Waals surface area contributed by atoms with Crippen molar-refractivity contribution in [2.45, 2.75) is 12.6 Å². The second-order valence-corrected chi connectivity index (χ2v) is 6.72. The average molecular weight is 316 g/mol. The summed E-state index contributed by atoms with van der Waals surface area (Å²) in [6.07, 6.45) is 5.54. The maximum absolute atomic E-state index is 11.6. The van der Waals surface area contributed by atoms with Gasteiger partial charge < -0.3 is 4.57 Å². The van der Waals surface area contributed by atoms with Crippen molar-refractivity contribution < 1.29 is 12.6 Å². The number of nitrogens with zero attached hydrogens (tertiary/aromatic N) is 2. The molecule has 1 unspecified atom stereocenters. The Morgan fingerprint density at radius 2 is 1.95 bits per heavy atom. The highest BCUT2D eigenvalue weighted by Crippen LogP contribution is 2.29. The lowest BCUT2D eigenvalue weighted by atomic mass is 10.0. The zero-order valence-corrected chi connectivity index (χ0v) is 12.9. The van der Waals surface area contributed by atoms with E-state index in [1.54, 1.807) is 23.3 Å². The first-order valence-electron chi connectivity index (χ1n) is 6.84. The van der Waals surface area contributed by atoms with Crippen molar-refractivity contribution in [1.29, 1.82) is 0 Å². The molecule has 0 saturated carbocycles. The van der Waals surface area contributed by atoms with Crippen LogP contribution in [-0.4, -0.2) is 24.2 Å². The van der Waals surface area contributed by atoms with Gasteiger partial charge in [0.15, 0.2) is 0 Å². The van der Waals surface area contributed by atoms with Gasteiger partial charge in [-0.3, -0.25) is 4.18 Å². The Labute approximate surface area is 129 Å². The standard InChI is InChI=1S/C16H16N2O3S/c1-22(19,20)21-16(11-18-10-9-17-12-18)15-8-4-6-13-5-2-3-7-14(13)15/h2-10,12,16H,11H2,1H3. The van der Waals surface area contributed by atoms with Crippen molar-refractivity contribution in [3.63, 3.8) is 0 Å². The summed E-state index contributed by atoms with van der Waals surface area (Å²) >= 11 is 0. The molecule has 0 N–H and O–H groups in total. The zero-order chi connectivity index (χ0) is 15.6. The van der Waals surface area contributed by atoms with Crippen LogP contribution in [0.2, 0.25) is 0 Å². The van der Waals surface area contributed by atoms with Crippen LogP contribution in [0.5, 0.6) is 0 Å². The van der Waals surface area contributed by atoms with Crippen molar-refractivity contribution in [3.05, 3.63) is 66.7 Å². The minimum absolute atomic E-state index is 0.376. The Balaban J connectivity index is 2.07. The van der Waals surface area contributed by atoms with E-state index in [0.29, 0.717) is 6.54 Å². The van der Waals surface area contributed by atoms with Gasteiger partial charge in [0.25, 0.3) is 10.1 Å². The van der Waals surface area contributed by atoms with Crippen LogP contribution in [0.1, 0.15) is 11.7 Å². The SMILES string of the molecule is CS(=O)(=O)OC(Cn1ccnc1)c1cccc2ccccc12. The predicted molar refractivity (Wildman–Crippen MR) is 84.8 cm³/mol. The third-order valence-electron chi connectivity index (χ3n) is 3.40. The van der Waals surface area contributed by atoms with Gasteiger partial charge in [-0.2, -0.15) is 8.42 Å². The van der Waals surface area contributed by atoms with Crippen LogP contribution in [0.4, 0.5) is 0 Å². The van der Waals surface area contributed by atoms with Crippen LogP contribution in [0.3, 0.4) is 0 Å². The third-order valence-corrected chi connectivity index (χ3v) is 3.98. The maximum Gasteiger partial charge on any atom is 0.265 e. The highest BCUT2D eigenvalue weighted by molar-refractivity contribution is 7.86. The minimum atomic E-state index is -3.58. The summed E-state index contributed by atoms with van der Waals surface area (Å²) in [7, 11) is -3.58. The molecule has 0 spiro atoms. The fourth-order valence-electron chi connectivity index (χ4n) is 2.51. The van der Waals surface area contributed by atoms with Crippen molar-refractivity contribution in [1.82, 2.24) is 9.55 Å². The molecule has 0 bridgehead atoms. The van der Waals surface area contributed by atoms with E-state index in [1.165, 1.54) is 0 Å². The molecule has 6 heteroatoms. The molecule has 22 heavy (non-hydrogen) atoms. The van der Waals surface area contributed by atoms with E-state index in [-0.39, 0.29) is 0 Å². The topological polar surface area (TPSA) is 61.2 Å². The second-order valence-electron chi connectivity index (χ2n) is 5.12. The Morgan fingerprint density at radius 1 is 1.18 bits per heavy atom. The molecule has 0 aliphatic heterocycles. The summed E-state index contributed by atoms with van der Waals surface area (Å²) in [6.45, 7) is 0.376. The summed E-state index contributed by atoms with van der Waals surface area (Å²) in [5, 5.41) is 2.03. The fourth-order valence-corrected chi connectivity index (χ4v) is 3.10.